The van der Waals surface area contributed by atoms with Gasteiger partial charge in [0.2, 0.25) is 0 Å². The van der Waals surface area contributed by atoms with Gasteiger partial charge in [-0.3, -0.25) is 0 Å². The van der Waals surface area contributed by atoms with Crippen LogP contribution in [0.1, 0.15) is 38.4 Å². The lowest BCUT2D eigenvalue weighted by Gasteiger charge is -2.51. The fourth-order valence-corrected chi connectivity index (χ4v) is 3.74. The minimum atomic E-state index is -0.581. The van der Waals surface area contributed by atoms with E-state index in [1.807, 2.05) is 19.1 Å². The first-order valence-corrected chi connectivity index (χ1v) is 9.08. The number of nitrogens with zero attached hydrogens (tertiary/aromatic N) is 1. The number of hydrogen-bond acceptors (Lipinski definition) is 2. The maximum absolute atomic E-state index is 13.2. The molecule has 2 unspecified atom stereocenters. The fourth-order valence-electron chi connectivity index (χ4n) is 3.74. The highest BCUT2D eigenvalue weighted by molar-refractivity contribution is 5.53. The molecule has 0 radical (unpaired) electrons. The second-order valence-corrected chi connectivity index (χ2v) is 7.01. The molecule has 0 aromatic heterocycles. The van der Waals surface area contributed by atoms with Crippen molar-refractivity contribution in [3.63, 3.8) is 0 Å². The Kier molecular flexibility index (Phi) is 5.72. The molecule has 2 nitrogen and oxygen atoms in total. The summed E-state index contributed by atoms with van der Waals surface area (Å²) in [6.45, 7) is 5.03. The van der Waals surface area contributed by atoms with Gasteiger partial charge in [-0.15, -0.1) is 0 Å². The SMILES string of the molecule is C/C=C(\C)C1[C@@H](CCC(O)c2ccc(F)cc2)CN1c1ccc(F)cc1. The van der Waals surface area contributed by atoms with E-state index in [4.69, 9.17) is 0 Å². The Hall–Kier alpha value is -2.20. The smallest absolute Gasteiger partial charge is 0.123 e. The molecule has 3 rings (SSSR count). The van der Waals surface area contributed by atoms with Crippen molar-refractivity contribution in [2.24, 2.45) is 5.92 Å². The first-order chi connectivity index (χ1) is 12.5. The van der Waals surface area contributed by atoms with E-state index in [0.717, 1.165) is 24.2 Å². The van der Waals surface area contributed by atoms with Gasteiger partial charge >= 0.3 is 0 Å². The Labute approximate surface area is 153 Å². The lowest BCUT2D eigenvalue weighted by Crippen LogP contribution is -2.57. The van der Waals surface area contributed by atoms with E-state index in [0.29, 0.717) is 12.3 Å². The van der Waals surface area contributed by atoms with E-state index in [1.165, 1.54) is 29.8 Å². The summed E-state index contributed by atoms with van der Waals surface area (Å²) in [4.78, 5) is 2.28. The molecule has 0 spiro atoms. The first kappa shape index (κ1) is 18.6. The Balaban J connectivity index is 1.64. The van der Waals surface area contributed by atoms with Gasteiger partial charge in [-0.05, 0) is 68.7 Å². The molecular formula is C22H25F2NO. The quantitative estimate of drug-likeness (QED) is 0.714. The molecule has 0 aliphatic carbocycles. The molecule has 3 atom stereocenters. The third kappa shape index (κ3) is 3.96. The molecule has 1 aliphatic heterocycles. The number of halogens is 2. The summed E-state index contributed by atoms with van der Waals surface area (Å²) in [5.74, 6) is -0.0856. The maximum Gasteiger partial charge on any atom is 0.123 e. The van der Waals surface area contributed by atoms with Gasteiger partial charge in [-0.1, -0.05) is 23.8 Å². The predicted molar refractivity (Wildman–Crippen MR) is 101 cm³/mol. The topological polar surface area (TPSA) is 23.5 Å². The van der Waals surface area contributed by atoms with E-state index in [1.54, 1.807) is 12.1 Å². The summed E-state index contributed by atoms with van der Waals surface area (Å²) in [5.41, 5.74) is 3.05. The minimum absolute atomic E-state index is 0.229. The van der Waals surface area contributed by atoms with Crippen molar-refractivity contribution in [3.05, 3.63) is 77.4 Å². The van der Waals surface area contributed by atoms with Gasteiger partial charge in [-0.25, -0.2) is 8.78 Å². The van der Waals surface area contributed by atoms with Crippen molar-refractivity contribution in [2.45, 2.75) is 38.8 Å². The van der Waals surface area contributed by atoms with Crippen molar-refractivity contribution in [1.29, 1.82) is 0 Å². The third-order valence-electron chi connectivity index (χ3n) is 5.36. The average molecular weight is 357 g/mol. The average Bonchev–Trinajstić information content (AvgIpc) is 2.62. The lowest BCUT2D eigenvalue weighted by molar-refractivity contribution is 0.147. The lowest BCUT2D eigenvalue weighted by atomic mass is 9.79. The van der Waals surface area contributed by atoms with Crippen LogP contribution in [0.3, 0.4) is 0 Å². The molecule has 1 fully saturated rings. The molecule has 1 heterocycles. The summed E-state index contributed by atoms with van der Waals surface area (Å²) in [6.07, 6.45) is 3.05. The molecular weight excluding hydrogens is 332 g/mol. The number of hydrogen-bond donors (Lipinski definition) is 1. The molecule has 2 aromatic carbocycles. The maximum atomic E-state index is 13.2. The summed E-state index contributed by atoms with van der Waals surface area (Å²) in [7, 11) is 0. The molecule has 1 aliphatic rings. The Morgan fingerprint density at radius 1 is 1.12 bits per heavy atom. The third-order valence-corrected chi connectivity index (χ3v) is 5.36. The monoisotopic (exact) mass is 357 g/mol. The van der Waals surface area contributed by atoms with Crippen LogP contribution in [0.5, 0.6) is 0 Å². The van der Waals surface area contributed by atoms with Gasteiger partial charge in [-0.2, -0.15) is 0 Å². The first-order valence-electron chi connectivity index (χ1n) is 9.08. The van der Waals surface area contributed by atoms with Crippen LogP contribution in [0.25, 0.3) is 0 Å². The van der Waals surface area contributed by atoms with Crippen molar-refractivity contribution < 1.29 is 13.9 Å². The van der Waals surface area contributed by atoms with Gasteiger partial charge in [0.1, 0.15) is 11.6 Å². The van der Waals surface area contributed by atoms with Gasteiger partial charge in [0.15, 0.2) is 0 Å². The van der Waals surface area contributed by atoms with Crippen molar-refractivity contribution in [3.8, 4) is 0 Å². The predicted octanol–water partition coefficient (Wildman–Crippen LogP) is 5.25. The van der Waals surface area contributed by atoms with Crippen molar-refractivity contribution >= 4 is 5.69 Å². The zero-order valence-corrected chi connectivity index (χ0v) is 15.2. The zero-order valence-electron chi connectivity index (χ0n) is 15.2. The van der Waals surface area contributed by atoms with Crippen LogP contribution in [0.15, 0.2) is 60.2 Å². The van der Waals surface area contributed by atoms with Gasteiger partial charge in [0.25, 0.3) is 0 Å². The molecule has 2 aromatic rings. The largest absolute Gasteiger partial charge is 0.388 e. The Morgan fingerprint density at radius 3 is 2.27 bits per heavy atom. The number of anilines is 1. The summed E-state index contributed by atoms with van der Waals surface area (Å²) in [6, 6.07) is 12.9. The van der Waals surface area contributed by atoms with Crippen LogP contribution < -0.4 is 4.90 Å². The van der Waals surface area contributed by atoms with E-state index in [-0.39, 0.29) is 17.7 Å². The van der Waals surface area contributed by atoms with Crippen molar-refractivity contribution in [1.82, 2.24) is 0 Å². The molecule has 4 heteroatoms. The standard InChI is InChI=1S/C22H25F2NO/c1-3-15(2)22-17(14-25(22)20-11-9-19(24)10-12-20)6-13-21(26)16-4-7-18(23)8-5-16/h3-5,7-12,17,21-22,26H,6,13-14H2,1-2H3/b15-3+/t17-,21?,22?/m0/s1. The molecule has 1 N–H and O–H groups in total. The summed E-state index contributed by atoms with van der Waals surface area (Å²) in [5, 5.41) is 10.4. The Bertz CT molecular complexity index is 755. The number of benzene rings is 2. The van der Waals surface area contributed by atoms with Crippen LogP contribution in [0, 0.1) is 17.6 Å². The zero-order chi connectivity index (χ0) is 18.7. The van der Waals surface area contributed by atoms with Crippen LogP contribution in [-0.2, 0) is 0 Å². The second-order valence-electron chi connectivity index (χ2n) is 7.01. The van der Waals surface area contributed by atoms with E-state index in [2.05, 4.69) is 17.9 Å². The molecule has 0 bridgehead atoms. The highest BCUT2D eigenvalue weighted by Crippen LogP contribution is 2.39. The number of aliphatic hydroxyl groups excluding tert-OH is 1. The number of allylic oxidation sites excluding steroid dienone is 1. The molecule has 0 saturated carbocycles. The van der Waals surface area contributed by atoms with Gasteiger partial charge in [0.05, 0.1) is 12.1 Å². The van der Waals surface area contributed by atoms with Crippen LogP contribution in [0.4, 0.5) is 14.5 Å². The minimum Gasteiger partial charge on any atom is -0.388 e. The van der Waals surface area contributed by atoms with Crippen LogP contribution >= 0.6 is 0 Å². The van der Waals surface area contributed by atoms with E-state index < -0.39 is 6.10 Å². The van der Waals surface area contributed by atoms with Gasteiger partial charge in [0, 0.05) is 18.2 Å². The van der Waals surface area contributed by atoms with E-state index in [9.17, 15) is 13.9 Å². The highest BCUT2D eigenvalue weighted by Gasteiger charge is 2.39. The second kappa shape index (κ2) is 8.00. The molecule has 26 heavy (non-hydrogen) atoms. The van der Waals surface area contributed by atoms with Crippen LogP contribution in [-0.4, -0.2) is 17.7 Å². The number of aliphatic hydroxyl groups is 1. The highest BCUT2D eigenvalue weighted by atomic mass is 19.1. The van der Waals surface area contributed by atoms with E-state index >= 15 is 0 Å². The Morgan fingerprint density at radius 2 is 1.69 bits per heavy atom. The summed E-state index contributed by atoms with van der Waals surface area (Å²) < 4.78 is 26.2. The van der Waals surface area contributed by atoms with Crippen molar-refractivity contribution in [2.75, 3.05) is 11.4 Å². The summed E-state index contributed by atoms with van der Waals surface area (Å²) >= 11 is 0. The molecule has 138 valence electrons. The number of rotatable bonds is 6. The normalized spacial score (nSPS) is 21.4. The fraction of sp³-hybridized carbons (Fsp3) is 0.364. The van der Waals surface area contributed by atoms with Gasteiger partial charge < -0.3 is 10.0 Å². The van der Waals surface area contributed by atoms with Crippen LogP contribution in [0.2, 0.25) is 0 Å². The molecule has 0 amide bonds. The molecule has 1 saturated heterocycles.